The van der Waals surface area contributed by atoms with E-state index in [2.05, 4.69) is 0 Å². The molecule has 0 N–H and O–H groups in total. The number of halogens is 1. The van der Waals surface area contributed by atoms with Crippen molar-refractivity contribution in [3.8, 4) is 23.3 Å². The average molecular weight is 377 g/mol. The van der Waals surface area contributed by atoms with Crippen LogP contribution in [0.3, 0.4) is 0 Å². The summed E-state index contributed by atoms with van der Waals surface area (Å²) in [5.41, 5.74) is 1.38. The highest BCUT2D eigenvalue weighted by molar-refractivity contribution is 5.94. The van der Waals surface area contributed by atoms with Crippen LogP contribution in [0.15, 0.2) is 66.7 Å². The second-order valence-electron chi connectivity index (χ2n) is 5.78. The van der Waals surface area contributed by atoms with Gasteiger partial charge in [-0.1, -0.05) is 24.3 Å². The van der Waals surface area contributed by atoms with Gasteiger partial charge in [0.25, 0.3) is 0 Å². The highest BCUT2D eigenvalue weighted by atomic mass is 19.1. The van der Waals surface area contributed by atoms with Crippen LogP contribution in [-0.2, 0) is 6.61 Å². The molecule has 0 atom stereocenters. The number of hydrogen-bond acceptors (Lipinski definition) is 5. The first kappa shape index (κ1) is 18.9. The predicted molar refractivity (Wildman–Crippen MR) is 99.8 cm³/mol. The van der Waals surface area contributed by atoms with Gasteiger partial charge >= 0.3 is 5.97 Å². The SMILES string of the molecule is COc1cc(C#N)ccc1OC(=O)c1ccccc1OCc1ccc(F)cc1. The van der Waals surface area contributed by atoms with Crippen LogP contribution in [0.25, 0.3) is 0 Å². The number of hydrogen-bond donors (Lipinski definition) is 0. The van der Waals surface area contributed by atoms with E-state index in [0.717, 1.165) is 5.56 Å². The molecule has 0 unspecified atom stereocenters. The molecule has 0 fully saturated rings. The van der Waals surface area contributed by atoms with Crippen molar-refractivity contribution >= 4 is 5.97 Å². The zero-order valence-electron chi connectivity index (χ0n) is 15.0. The highest BCUT2D eigenvalue weighted by Gasteiger charge is 2.17. The summed E-state index contributed by atoms with van der Waals surface area (Å²) >= 11 is 0. The third-order valence-corrected chi connectivity index (χ3v) is 3.91. The first-order chi connectivity index (χ1) is 13.6. The maximum absolute atomic E-state index is 13.0. The van der Waals surface area contributed by atoms with Crippen molar-refractivity contribution < 1.29 is 23.4 Å². The van der Waals surface area contributed by atoms with E-state index in [1.807, 2.05) is 6.07 Å². The van der Waals surface area contributed by atoms with Gasteiger partial charge in [0.05, 0.1) is 18.7 Å². The number of ether oxygens (including phenoxy) is 3. The molecule has 140 valence electrons. The highest BCUT2D eigenvalue weighted by Crippen LogP contribution is 2.30. The Morgan fingerprint density at radius 1 is 1.00 bits per heavy atom. The van der Waals surface area contributed by atoms with Crippen molar-refractivity contribution in [2.24, 2.45) is 0 Å². The Bertz CT molecular complexity index is 1030. The Kier molecular flexibility index (Phi) is 5.87. The molecule has 28 heavy (non-hydrogen) atoms. The molecule has 6 heteroatoms. The summed E-state index contributed by atoms with van der Waals surface area (Å²) in [5, 5.41) is 8.96. The van der Waals surface area contributed by atoms with Crippen molar-refractivity contribution in [3.05, 3.63) is 89.2 Å². The number of esters is 1. The monoisotopic (exact) mass is 377 g/mol. The van der Waals surface area contributed by atoms with Gasteiger partial charge in [0.15, 0.2) is 11.5 Å². The van der Waals surface area contributed by atoms with Crippen LogP contribution in [0, 0.1) is 17.1 Å². The van der Waals surface area contributed by atoms with Gasteiger partial charge in [-0.15, -0.1) is 0 Å². The van der Waals surface area contributed by atoms with Crippen molar-refractivity contribution in [2.45, 2.75) is 6.61 Å². The third-order valence-electron chi connectivity index (χ3n) is 3.91. The van der Waals surface area contributed by atoms with Crippen LogP contribution in [0.2, 0.25) is 0 Å². The fourth-order valence-electron chi connectivity index (χ4n) is 2.48. The molecular formula is C22H16FNO4. The molecule has 0 amide bonds. The van der Waals surface area contributed by atoms with Crippen LogP contribution in [0.5, 0.6) is 17.2 Å². The lowest BCUT2D eigenvalue weighted by atomic mass is 10.2. The van der Waals surface area contributed by atoms with Crippen molar-refractivity contribution in [3.63, 3.8) is 0 Å². The Labute approximate surface area is 161 Å². The van der Waals surface area contributed by atoms with E-state index in [9.17, 15) is 9.18 Å². The van der Waals surface area contributed by atoms with Crippen molar-refractivity contribution in [1.82, 2.24) is 0 Å². The van der Waals surface area contributed by atoms with Crippen molar-refractivity contribution in [2.75, 3.05) is 7.11 Å². The average Bonchev–Trinajstić information content (AvgIpc) is 2.73. The zero-order chi connectivity index (χ0) is 19.9. The molecule has 0 aliphatic carbocycles. The summed E-state index contributed by atoms with van der Waals surface area (Å²) in [6.45, 7) is 0.171. The van der Waals surface area contributed by atoms with Gasteiger partial charge < -0.3 is 14.2 Å². The molecule has 3 aromatic carbocycles. The summed E-state index contributed by atoms with van der Waals surface area (Å²) in [7, 11) is 1.42. The number of nitriles is 1. The molecule has 0 aromatic heterocycles. The number of methoxy groups -OCH3 is 1. The molecule has 0 heterocycles. The van der Waals surface area contributed by atoms with Crippen LogP contribution in [-0.4, -0.2) is 13.1 Å². The Hall–Kier alpha value is -3.85. The molecule has 0 saturated heterocycles. The summed E-state index contributed by atoms with van der Waals surface area (Å²) < 4.78 is 29.3. The largest absolute Gasteiger partial charge is 0.493 e. The lowest BCUT2D eigenvalue weighted by Gasteiger charge is -2.13. The molecule has 3 rings (SSSR count). The third kappa shape index (κ3) is 4.46. The molecule has 5 nitrogen and oxygen atoms in total. The normalized spacial score (nSPS) is 10.0. The number of carbonyl (C=O) groups is 1. The summed E-state index contributed by atoms with van der Waals surface area (Å²) in [5.74, 6) is -0.150. The van der Waals surface area contributed by atoms with Gasteiger partial charge in [-0.3, -0.25) is 0 Å². The van der Waals surface area contributed by atoms with Gasteiger partial charge in [-0.2, -0.15) is 5.26 Å². The summed E-state index contributed by atoms with van der Waals surface area (Å²) in [6.07, 6.45) is 0. The van der Waals surface area contributed by atoms with E-state index in [1.54, 1.807) is 36.4 Å². The van der Waals surface area contributed by atoms with Crippen LogP contribution < -0.4 is 14.2 Å². The maximum Gasteiger partial charge on any atom is 0.347 e. The first-order valence-electron chi connectivity index (χ1n) is 8.37. The van der Waals surface area contributed by atoms with E-state index < -0.39 is 5.97 Å². The van der Waals surface area contributed by atoms with E-state index in [4.69, 9.17) is 19.5 Å². The quantitative estimate of drug-likeness (QED) is 0.467. The molecule has 0 aliphatic heterocycles. The molecular weight excluding hydrogens is 361 g/mol. The zero-order valence-corrected chi connectivity index (χ0v) is 15.0. The lowest BCUT2D eigenvalue weighted by molar-refractivity contribution is 0.0724. The number of carbonyl (C=O) groups excluding carboxylic acids is 1. The van der Waals surface area contributed by atoms with Crippen LogP contribution in [0.4, 0.5) is 4.39 Å². The number of benzene rings is 3. The Balaban J connectivity index is 1.77. The fourth-order valence-corrected chi connectivity index (χ4v) is 2.48. The van der Waals surface area contributed by atoms with Crippen molar-refractivity contribution in [1.29, 1.82) is 5.26 Å². The Morgan fingerprint density at radius 2 is 1.75 bits per heavy atom. The second-order valence-corrected chi connectivity index (χ2v) is 5.78. The topological polar surface area (TPSA) is 68.5 Å². The maximum atomic E-state index is 13.0. The second kappa shape index (κ2) is 8.69. The van der Waals surface area contributed by atoms with Crippen LogP contribution in [0.1, 0.15) is 21.5 Å². The standard InChI is InChI=1S/C22H16FNO4/c1-26-21-12-16(13-24)8-11-20(21)28-22(25)18-4-2-3-5-19(18)27-14-15-6-9-17(23)10-7-15/h2-12H,14H2,1H3. The van der Waals surface area contributed by atoms with Gasteiger partial charge in [-0.25, -0.2) is 9.18 Å². The minimum Gasteiger partial charge on any atom is -0.493 e. The minimum atomic E-state index is -0.627. The summed E-state index contributed by atoms with van der Waals surface area (Å²) in [6, 6.07) is 19.1. The van der Waals surface area contributed by atoms with E-state index in [1.165, 1.54) is 37.4 Å². The molecule has 0 saturated carbocycles. The number of nitrogens with zero attached hydrogens (tertiary/aromatic N) is 1. The number of para-hydroxylation sites is 1. The van der Waals surface area contributed by atoms with E-state index in [0.29, 0.717) is 11.3 Å². The molecule has 0 aliphatic rings. The van der Waals surface area contributed by atoms with E-state index in [-0.39, 0.29) is 29.5 Å². The van der Waals surface area contributed by atoms with Gasteiger partial charge in [0.1, 0.15) is 23.7 Å². The molecule has 0 spiro atoms. The molecule has 3 aromatic rings. The molecule has 0 radical (unpaired) electrons. The van der Waals surface area contributed by atoms with Gasteiger partial charge in [0, 0.05) is 6.07 Å². The lowest BCUT2D eigenvalue weighted by Crippen LogP contribution is -2.11. The predicted octanol–water partition coefficient (Wildman–Crippen LogP) is 4.50. The summed E-state index contributed by atoms with van der Waals surface area (Å²) in [4.78, 5) is 12.6. The number of rotatable bonds is 6. The minimum absolute atomic E-state index is 0.171. The first-order valence-corrected chi connectivity index (χ1v) is 8.37. The van der Waals surface area contributed by atoms with Gasteiger partial charge in [0.2, 0.25) is 0 Å². The molecule has 0 bridgehead atoms. The smallest absolute Gasteiger partial charge is 0.347 e. The fraction of sp³-hybridized carbons (Fsp3) is 0.0909. The van der Waals surface area contributed by atoms with Crippen LogP contribution >= 0.6 is 0 Å². The van der Waals surface area contributed by atoms with E-state index >= 15 is 0 Å². The van der Waals surface area contributed by atoms with Gasteiger partial charge in [-0.05, 0) is 42.0 Å². The Morgan fingerprint density at radius 3 is 2.46 bits per heavy atom.